The van der Waals surface area contributed by atoms with E-state index in [2.05, 4.69) is 84.4 Å². The first-order chi connectivity index (χ1) is 20.4. The molecular weight excluding hydrogens is 683 g/mol. The van der Waals surface area contributed by atoms with E-state index >= 15 is 0 Å². The number of amides is 2. The molecule has 0 aliphatic carbocycles. The van der Waals surface area contributed by atoms with Crippen LogP contribution in [0, 0.1) is 11.3 Å². The third-order valence-electron chi connectivity index (χ3n) is 8.11. The van der Waals surface area contributed by atoms with Gasteiger partial charge in [-0.25, -0.2) is 0 Å². The normalized spacial score (nSPS) is 15.9. The molecule has 1 heterocycles. The van der Waals surface area contributed by atoms with E-state index < -0.39 is 6.61 Å². The number of likely N-dealkylation sites (tertiary alicyclic amines) is 1. The number of alkyl halides is 3. The average molecular weight is 730 g/mol. The quantitative estimate of drug-likeness (QED) is 0.128. The molecule has 0 saturated carbocycles. The Hall–Kier alpha value is -1.92. The van der Waals surface area contributed by atoms with Crippen molar-refractivity contribution in [3.05, 3.63) is 65.2 Å². The van der Waals surface area contributed by atoms with Gasteiger partial charge in [-0.15, -0.1) is 0 Å². The molecule has 10 heteroatoms. The molecule has 1 saturated heterocycles. The highest BCUT2D eigenvalue weighted by molar-refractivity contribution is 14.1. The summed E-state index contributed by atoms with van der Waals surface area (Å²) < 4.78 is 32.4. The van der Waals surface area contributed by atoms with Gasteiger partial charge in [0.1, 0.15) is 5.75 Å². The standard InChI is InChI=1S/C33H46F2IN3O3S/c1-23(40)38-14-10-24(11-15-38)20-30(41)37-29(33(2,3)4)22-39(16-13-36)31(26-8-6-5-7-9-26)27-18-25(12-17-43)19-28(21-27)42-32(34)35/h5-9,18-19,21,24,29,31-32,43H,10-17,20,22H2,1-4H3,(H,37,41)/t29-,31?/m1/s1. The van der Waals surface area contributed by atoms with E-state index in [0.29, 0.717) is 38.2 Å². The highest BCUT2D eigenvalue weighted by Gasteiger charge is 2.33. The fourth-order valence-corrected chi connectivity index (χ4v) is 6.59. The highest BCUT2D eigenvalue weighted by Crippen LogP contribution is 2.34. The van der Waals surface area contributed by atoms with Crippen LogP contribution in [0.5, 0.6) is 5.75 Å². The Kier molecular flexibility index (Phi) is 14.0. The Bertz CT molecular complexity index is 1170. The van der Waals surface area contributed by atoms with Crippen molar-refractivity contribution < 1.29 is 23.1 Å². The second-order valence-electron chi connectivity index (χ2n) is 12.4. The van der Waals surface area contributed by atoms with Crippen molar-refractivity contribution in [1.82, 2.24) is 15.1 Å². The van der Waals surface area contributed by atoms with Crippen molar-refractivity contribution in [2.45, 2.75) is 72.1 Å². The maximum Gasteiger partial charge on any atom is 0.387 e. The van der Waals surface area contributed by atoms with Crippen LogP contribution < -0.4 is 10.1 Å². The van der Waals surface area contributed by atoms with Crippen LogP contribution in [0.4, 0.5) is 8.78 Å². The third-order valence-corrected chi connectivity index (χ3v) is 8.82. The lowest BCUT2D eigenvalue weighted by molar-refractivity contribution is -0.130. The molecule has 1 aliphatic heterocycles. The lowest BCUT2D eigenvalue weighted by Crippen LogP contribution is -2.52. The van der Waals surface area contributed by atoms with Crippen LogP contribution in [0.2, 0.25) is 0 Å². The average Bonchev–Trinajstić information content (AvgIpc) is 2.93. The maximum absolute atomic E-state index is 13.4. The molecule has 2 atom stereocenters. The third kappa shape index (κ3) is 11.2. The van der Waals surface area contributed by atoms with Crippen LogP contribution >= 0.6 is 35.2 Å². The SMILES string of the molecule is CC(=O)N1CCC(CC(=O)N[C@H](CN(CCI)C(c2ccccc2)c2cc(CCS)cc(OC(F)F)c2)C(C)(C)C)CC1. The first-order valence-electron chi connectivity index (χ1n) is 15.0. The summed E-state index contributed by atoms with van der Waals surface area (Å²) in [5.74, 6) is 1.08. The molecule has 1 N–H and O–H groups in total. The van der Waals surface area contributed by atoms with Gasteiger partial charge in [-0.1, -0.05) is 79.8 Å². The fourth-order valence-electron chi connectivity index (χ4n) is 5.71. The summed E-state index contributed by atoms with van der Waals surface area (Å²) in [7, 11) is 0. The highest BCUT2D eigenvalue weighted by atomic mass is 127. The van der Waals surface area contributed by atoms with Crippen LogP contribution in [-0.4, -0.2) is 70.6 Å². The number of ether oxygens (including phenoxy) is 1. The van der Waals surface area contributed by atoms with Gasteiger partial charge in [0.05, 0.1) is 6.04 Å². The van der Waals surface area contributed by atoms with Gasteiger partial charge in [0.25, 0.3) is 0 Å². The predicted molar refractivity (Wildman–Crippen MR) is 180 cm³/mol. The van der Waals surface area contributed by atoms with E-state index in [1.807, 2.05) is 23.1 Å². The minimum atomic E-state index is -2.92. The fraction of sp³-hybridized carbons (Fsp3) is 0.576. The van der Waals surface area contributed by atoms with Crippen LogP contribution in [0.3, 0.4) is 0 Å². The van der Waals surface area contributed by atoms with Gasteiger partial charge >= 0.3 is 6.61 Å². The van der Waals surface area contributed by atoms with E-state index in [4.69, 9.17) is 4.74 Å². The number of hydrogen-bond donors (Lipinski definition) is 2. The molecule has 0 bridgehead atoms. The van der Waals surface area contributed by atoms with E-state index in [1.54, 1.807) is 19.1 Å². The van der Waals surface area contributed by atoms with Crippen molar-refractivity contribution in [2.75, 3.05) is 36.4 Å². The number of thiol groups is 1. The zero-order valence-corrected chi connectivity index (χ0v) is 28.8. The van der Waals surface area contributed by atoms with Crippen molar-refractivity contribution in [3.8, 4) is 5.75 Å². The number of rotatable bonds is 14. The summed E-state index contributed by atoms with van der Waals surface area (Å²) in [5.41, 5.74) is 2.54. The van der Waals surface area contributed by atoms with Crippen molar-refractivity contribution in [3.63, 3.8) is 0 Å². The van der Waals surface area contributed by atoms with Gasteiger partial charge in [0.15, 0.2) is 0 Å². The minimum Gasteiger partial charge on any atom is -0.435 e. The number of halogens is 3. The topological polar surface area (TPSA) is 61.9 Å². The Balaban J connectivity index is 1.91. The van der Waals surface area contributed by atoms with Crippen LogP contribution in [-0.2, 0) is 16.0 Å². The molecule has 0 aromatic heterocycles. The van der Waals surface area contributed by atoms with Crippen LogP contribution in [0.15, 0.2) is 48.5 Å². The number of nitrogens with zero attached hydrogens (tertiary/aromatic N) is 2. The van der Waals surface area contributed by atoms with Crippen molar-refractivity contribution in [1.29, 1.82) is 0 Å². The molecule has 6 nitrogen and oxygen atoms in total. The Morgan fingerprint density at radius 2 is 1.79 bits per heavy atom. The molecule has 43 heavy (non-hydrogen) atoms. The zero-order chi connectivity index (χ0) is 31.6. The molecule has 2 amide bonds. The van der Waals surface area contributed by atoms with Gasteiger partial charge in [-0.05, 0) is 65.2 Å². The van der Waals surface area contributed by atoms with Crippen LogP contribution in [0.1, 0.15) is 69.7 Å². The van der Waals surface area contributed by atoms with E-state index in [9.17, 15) is 18.4 Å². The monoisotopic (exact) mass is 729 g/mol. The molecule has 0 spiro atoms. The van der Waals surface area contributed by atoms with Gasteiger partial charge in [0, 0.05) is 50.0 Å². The first-order valence-corrected chi connectivity index (χ1v) is 17.2. The molecular formula is C33H46F2IN3O3S. The second kappa shape index (κ2) is 17.0. The van der Waals surface area contributed by atoms with E-state index in [0.717, 1.165) is 40.5 Å². The predicted octanol–water partition coefficient (Wildman–Crippen LogP) is 6.77. The van der Waals surface area contributed by atoms with Gasteiger partial charge < -0.3 is 15.0 Å². The van der Waals surface area contributed by atoms with E-state index in [1.165, 1.54) is 0 Å². The number of carbonyl (C=O) groups is 2. The van der Waals surface area contributed by atoms with Gasteiger partial charge in [-0.2, -0.15) is 21.4 Å². The number of nitrogens with one attached hydrogen (secondary N) is 1. The summed E-state index contributed by atoms with van der Waals surface area (Å²) in [6, 6.07) is 15.1. The molecule has 1 aliphatic rings. The van der Waals surface area contributed by atoms with Crippen molar-refractivity contribution >= 4 is 47.0 Å². The summed E-state index contributed by atoms with van der Waals surface area (Å²) >= 11 is 6.74. The maximum atomic E-state index is 13.4. The summed E-state index contributed by atoms with van der Waals surface area (Å²) in [4.78, 5) is 29.3. The smallest absolute Gasteiger partial charge is 0.387 e. The molecule has 1 unspecified atom stereocenters. The van der Waals surface area contributed by atoms with Crippen molar-refractivity contribution in [2.24, 2.45) is 11.3 Å². The molecule has 0 radical (unpaired) electrons. The zero-order valence-electron chi connectivity index (χ0n) is 25.7. The largest absolute Gasteiger partial charge is 0.435 e. The number of hydrogen-bond acceptors (Lipinski definition) is 5. The molecule has 3 rings (SSSR count). The lowest BCUT2D eigenvalue weighted by Gasteiger charge is -2.40. The number of carbonyl (C=O) groups excluding carboxylic acids is 2. The molecule has 2 aromatic rings. The number of benzene rings is 2. The Morgan fingerprint density at radius 3 is 2.35 bits per heavy atom. The number of piperidine rings is 1. The van der Waals surface area contributed by atoms with Crippen LogP contribution in [0.25, 0.3) is 0 Å². The molecule has 238 valence electrons. The second-order valence-corrected chi connectivity index (χ2v) is 13.9. The Labute approximate surface area is 274 Å². The van der Waals surface area contributed by atoms with Gasteiger partial charge in [-0.3, -0.25) is 14.5 Å². The summed E-state index contributed by atoms with van der Waals surface area (Å²) in [5, 5.41) is 3.36. The molecule has 2 aromatic carbocycles. The van der Waals surface area contributed by atoms with E-state index in [-0.39, 0.29) is 41.0 Å². The molecule has 1 fully saturated rings. The lowest BCUT2D eigenvalue weighted by atomic mass is 9.84. The Morgan fingerprint density at radius 1 is 1.12 bits per heavy atom. The minimum absolute atomic E-state index is 0.0234. The summed E-state index contributed by atoms with van der Waals surface area (Å²) in [6.45, 7) is 7.75. The van der Waals surface area contributed by atoms with Gasteiger partial charge in [0.2, 0.25) is 11.8 Å². The summed E-state index contributed by atoms with van der Waals surface area (Å²) in [6.07, 6.45) is 2.72. The number of aryl methyl sites for hydroxylation is 1. The first kappa shape index (κ1) is 35.6.